The van der Waals surface area contributed by atoms with Crippen LogP contribution in [0.4, 0.5) is 11.4 Å². The molecule has 0 bridgehead atoms. The molecule has 0 saturated carbocycles. The van der Waals surface area contributed by atoms with Crippen molar-refractivity contribution in [2.75, 3.05) is 17.7 Å². The van der Waals surface area contributed by atoms with Crippen LogP contribution >= 0.6 is 0 Å². The van der Waals surface area contributed by atoms with Gasteiger partial charge in [-0.15, -0.1) is 0 Å². The highest BCUT2D eigenvalue weighted by atomic mass is 16.5. The Morgan fingerprint density at radius 1 is 0.929 bits per heavy atom. The van der Waals surface area contributed by atoms with Gasteiger partial charge in [0.25, 0.3) is 5.91 Å². The average Bonchev–Trinajstić information content (AvgIpc) is 2.66. The highest BCUT2D eigenvalue weighted by Gasteiger charge is 2.23. The van der Waals surface area contributed by atoms with Crippen LogP contribution in [-0.2, 0) is 9.59 Å². The van der Waals surface area contributed by atoms with E-state index in [2.05, 4.69) is 16.0 Å². The molecule has 148 valence electrons. The first-order chi connectivity index (χ1) is 13.3. The number of carbonyl (C=O) groups excluding carboxylic acids is 3. The number of carbonyl (C=O) groups is 3. The van der Waals surface area contributed by atoms with Crippen LogP contribution < -0.4 is 20.7 Å². The maximum atomic E-state index is 12.4. The Hall–Kier alpha value is -3.35. The predicted molar refractivity (Wildman–Crippen MR) is 108 cm³/mol. The van der Waals surface area contributed by atoms with Gasteiger partial charge < -0.3 is 20.7 Å². The molecule has 0 spiro atoms. The van der Waals surface area contributed by atoms with E-state index in [1.807, 2.05) is 19.9 Å². The highest BCUT2D eigenvalue weighted by Crippen LogP contribution is 2.24. The van der Waals surface area contributed by atoms with Crippen LogP contribution in [0.15, 0.2) is 48.5 Å². The molecule has 7 heteroatoms. The Labute approximate surface area is 164 Å². The molecule has 3 N–H and O–H groups in total. The molecule has 0 radical (unpaired) electrons. The van der Waals surface area contributed by atoms with Crippen LogP contribution in [0.5, 0.6) is 5.75 Å². The zero-order valence-corrected chi connectivity index (χ0v) is 16.4. The zero-order valence-electron chi connectivity index (χ0n) is 16.4. The van der Waals surface area contributed by atoms with Crippen LogP contribution in [-0.4, -0.2) is 30.9 Å². The number of nitrogens with one attached hydrogen (secondary N) is 3. The fraction of sp³-hybridized carbons (Fsp3) is 0.286. The Kier molecular flexibility index (Phi) is 7.14. The Balaban J connectivity index is 2.05. The van der Waals surface area contributed by atoms with E-state index in [1.165, 1.54) is 14.0 Å². The van der Waals surface area contributed by atoms with Crippen LogP contribution in [0.3, 0.4) is 0 Å². The summed E-state index contributed by atoms with van der Waals surface area (Å²) in [6.07, 6.45) is 0. The molecule has 0 aliphatic heterocycles. The van der Waals surface area contributed by atoms with E-state index in [4.69, 9.17) is 4.74 Å². The highest BCUT2D eigenvalue weighted by molar-refractivity contribution is 6.05. The first kappa shape index (κ1) is 21.0. The maximum Gasteiger partial charge on any atom is 0.255 e. The number of methoxy groups -OCH3 is 1. The molecule has 2 rings (SSSR count). The third kappa shape index (κ3) is 5.57. The first-order valence-electron chi connectivity index (χ1n) is 8.94. The van der Waals surface area contributed by atoms with Crippen molar-refractivity contribution >= 4 is 29.1 Å². The average molecular weight is 383 g/mol. The molecule has 7 nitrogen and oxygen atoms in total. The molecule has 0 fully saturated rings. The third-order valence-corrected chi connectivity index (χ3v) is 4.08. The van der Waals surface area contributed by atoms with E-state index in [0.29, 0.717) is 22.7 Å². The third-order valence-electron chi connectivity index (χ3n) is 4.08. The van der Waals surface area contributed by atoms with E-state index in [1.54, 1.807) is 42.5 Å². The Bertz CT molecular complexity index is 847. The van der Waals surface area contributed by atoms with Crippen molar-refractivity contribution in [3.8, 4) is 5.75 Å². The fourth-order valence-electron chi connectivity index (χ4n) is 2.62. The van der Waals surface area contributed by atoms with Gasteiger partial charge in [0.1, 0.15) is 11.8 Å². The molecule has 2 aromatic rings. The molecular formula is C21H25N3O4. The summed E-state index contributed by atoms with van der Waals surface area (Å²) in [4.78, 5) is 36.1. The second-order valence-corrected chi connectivity index (χ2v) is 6.64. The Morgan fingerprint density at radius 2 is 1.57 bits per heavy atom. The van der Waals surface area contributed by atoms with Gasteiger partial charge in [0.15, 0.2) is 0 Å². The SMILES string of the molecule is COc1ccccc1NC(=O)c1ccc(NC(=O)[C@@H](NC(C)=O)C(C)C)cc1. The lowest BCUT2D eigenvalue weighted by atomic mass is 10.0. The number of benzene rings is 2. The minimum atomic E-state index is -0.633. The number of rotatable bonds is 7. The van der Waals surface area contributed by atoms with Gasteiger partial charge in [-0.2, -0.15) is 0 Å². The molecule has 0 unspecified atom stereocenters. The van der Waals surface area contributed by atoms with Crippen LogP contribution in [0.1, 0.15) is 31.1 Å². The van der Waals surface area contributed by atoms with Crippen LogP contribution in [0.2, 0.25) is 0 Å². The maximum absolute atomic E-state index is 12.4. The minimum absolute atomic E-state index is 0.0604. The van der Waals surface area contributed by atoms with Crippen molar-refractivity contribution in [3.05, 3.63) is 54.1 Å². The smallest absolute Gasteiger partial charge is 0.255 e. The quantitative estimate of drug-likeness (QED) is 0.685. The van der Waals surface area contributed by atoms with Crippen LogP contribution in [0, 0.1) is 5.92 Å². The monoisotopic (exact) mass is 383 g/mol. The molecular weight excluding hydrogens is 358 g/mol. The van der Waals surface area contributed by atoms with Crippen LogP contribution in [0.25, 0.3) is 0 Å². The van der Waals surface area contributed by atoms with Gasteiger partial charge in [-0.25, -0.2) is 0 Å². The summed E-state index contributed by atoms with van der Waals surface area (Å²) in [5.74, 6) is -0.360. The minimum Gasteiger partial charge on any atom is -0.495 e. The number of hydrogen-bond donors (Lipinski definition) is 3. The summed E-state index contributed by atoms with van der Waals surface area (Å²) >= 11 is 0. The van der Waals surface area contributed by atoms with Crippen molar-refractivity contribution in [2.45, 2.75) is 26.8 Å². The molecule has 3 amide bonds. The standard InChI is InChI=1S/C21H25N3O4/c1-13(2)19(22-14(3)25)21(27)23-16-11-9-15(10-12-16)20(26)24-17-7-5-6-8-18(17)28-4/h5-13,19H,1-4H3,(H,22,25)(H,23,27)(H,24,26)/t19-/m0/s1. The summed E-state index contributed by atoms with van der Waals surface area (Å²) < 4.78 is 5.22. The summed E-state index contributed by atoms with van der Waals surface area (Å²) in [6.45, 7) is 5.08. The van der Waals surface area contributed by atoms with E-state index in [9.17, 15) is 14.4 Å². The van der Waals surface area contributed by atoms with Gasteiger partial charge in [0.05, 0.1) is 12.8 Å². The zero-order chi connectivity index (χ0) is 20.7. The van der Waals surface area contributed by atoms with Gasteiger partial charge in [-0.1, -0.05) is 26.0 Å². The summed E-state index contributed by atoms with van der Waals surface area (Å²) in [5.41, 5.74) is 1.54. The van der Waals surface area contributed by atoms with Crippen molar-refractivity contribution in [1.29, 1.82) is 0 Å². The Morgan fingerprint density at radius 3 is 2.14 bits per heavy atom. The van der Waals surface area contributed by atoms with Crippen molar-refractivity contribution in [2.24, 2.45) is 5.92 Å². The number of hydrogen-bond acceptors (Lipinski definition) is 4. The van der Waals surface area contributed by atoms with E-state index in [0.717, 1.165) is 0 Å². The molecule has 2 aromatic carbocycles. The summed E-state index contributed by atoms with van der Waals surface area (Å²) in [5, 5.41) is 8.19. The van der Waals surface area contributed by atoms with E-state index in [-0.39, 0.29) is 23.6 Å². The molecule has 0 aliphatic rings. The van der Waals surface area contributed by atoms with Gasteiger partial charge in [-0.3, -0.25) is 14.4 Å². The largest absolute Gasteiger partial charge is 0.495 e. The van der Waals surface area contributed by atoms with Gasteiger partial charge >= 0.3 is 0 Å². The van der Waals surface area contributed by atoms with Crippen molar-refractivity contribution in [3.63, 3.8) is 0 Å². The lowest BCUT2D eigenvalue weighted by Crippen LogP contribution is -2.46. The molecule has 28 heavy (non-hydrogen) atoms. The number of ether oxygens (including phenoxy) is 1. The molecule has 0 aliphatic carbocycles. The summed E-state index contributed by atoms with van der Waals surface area (Å²) in [7, 11) is 1.54. The topological polar surface area (TPSA) is 96.5 Å². The second-order valence-electron chi connectivity index (χ2n) is 6.64. The van der Waals surface area contributed by atoms with Gasteiger partial charge in [0, 0.05) is 18.2 Å². The normalized spacial score (nSPS) is 11.5. The van der Waals surface area contributed by atoms with Crippen molar-refractivity contribution in [1.82, 2.24) is 5.32 Å². The van der Waals surface area contributed by atoms with Gasteiger partial charge in [0.2, 0.25) is 11.8 Å². The second kappa shape index (κ2) is 9.55. The lowest BCUT2D eigenvalue weighted by molar-refractivity contribution is -0.126. The fourth-order valence-corrected chi connectivity index (χ4v) is 2.62. The van der Waals surface area contributed by atoms with Crippen molar-refractivity contribution < 1.29 is 19.1 Å². The number of anilines is 2. The molecule has 1 atom stereocenters. The summed E-state index contributed by atoms with van der Waals surface area (Å²) in [6, 6.07) is 13.0. The molecule has 0 heterocycles. The predicted octanol–water partition coefficient (Wildman–Crippen LogP) is 3.05. The number of para-hydroxylation sites is 2. The molecule has 0 saturated heterocycles. The van der Waals surface area contributed by atoms with E-state index >= 15 is 0 Å². The lowest BCUT2D eigenvalue weighted by Gasteiger charge is -2.21. The number of amides is 3. The van der Waals surface area contributed by atoms with E-state index < -0.39 is 6.04 Å². The van der Waals surface area contributed by atoms with Gasteiger partial charge in [-0.05, 0) is 42.3 Å². The first-order valence-corrected chi connectivity index (χ1v) is 8.94. The molecule has 0 aromatic heterocycles.